The van der Waals surface area contributed by atoms with E-state index in [0.29, 0.717) is 6.54 Å². The lowest BCUT2D eigenvalue weighted by molar-refractivity contribution is -0.111. The predicted octanol–water partition coefficient (Wildman–Crippen LogP) is 5.36. The van der Waals surface area contributed by atoms with Gasteiger partial charge in [0.15, 0.2) is 0 Å². The number of hydrogen-bond acceptors (Lipinski definition) is 5. The first-order valence-electron chi connectivity index (χ1n) is 11.7. The highest BCUT2D eigenvalue weighted by atomic mass is 16.1. The van der Waals surface area contributed by atoms with Crippen LogP contribution in [-0.2, 0) is 4.79 Å². The molecule has 2 N–H and O–H groups in total. The number of piperidine rings is 1. The zero-order valence-electron chi connectivity index (χ0n) is 19.0. The molecule has 1 saturated heterocycles. The number of hydrogen-bond donors (Lipinski definition) is 2. The van der Waals surface area contributed by atoms with Gasteiger partial charge in [-0.2, -0.15) is 0 Å². The Morgan fingerprint density at radius 3 is 2.61 bits per heavy atom. The number of aromatic nitrogens is 2. The number of rotatable bonds is 5. The van der Waals surface area contributed by atoms with Crippen molar-refractivity contribution in [1.82, 2.24) is 9.97 Å². The van der Waals surface area contributed by atoms with Gasteiger partial charge in [0.25, 0.3) is 5.91 Å². The first-order valence-corrected chi connectivity index (χ1v) is 11.7. The molecular weight excluding hydrogens is 410 g/mol. The fourth-order valence-electron chi connectivity index (χ4n) is 4.69. The summed E-state index contributed by atoms with van der Waals surface area (Å²) in [6.45, 7) is 4.94. The third kappa shape index (κ3) is 4.46. The molecule has 1 fully saturated rings. The van der Waals surface area contributed by atoms with Crippen LogP contribution in [0.3, 0.4) is 0 Å². The van der Waals surface area contributed by atoms with Gasteiger partial charge in [-0.15, -0.1) is 0 Å². The molecule has 1 aromatic carbocycles. The SMILES string of the molecule is CCC1=C(C(=O)Nc2ccncc2)c2cc(-c3cncc(N4CCCCC4)c3)ccc2NC1. The average Bonchev–Trinajstić information content (AvgIpc) is 2.88. The first kappa shape index (κ1) is 21.2. The Hall–Kier alpha value is -3.67. The minimum atomic E-state index is -0.0851. The van der Waals surface area contributed by atoms with E-state index < -0.39 is 0 Å². The quantitative estimate of drug-likeness (QED) is 0.560. The second-order valence-electron chi connectivity index (χ2n) is 8.62. The molecule has 3 aromatic rings. The third-order valence-corrected chi connectivity index (χ3v) is 6.51. The van der Waals surface area contributed by atoms with E-state index >= 15 is 0 Å². The zero-order valence-corrected chi connectivity index (χ0v) is 19.0. The van der Waals surface area contributed by atoms with Crippen LogP contribution in [0.1, 0.15) is 38.2 Å². The molecule has 0 spiro atoms. The van der Waals surface area contributed by atoms with Crippen molar-refractivity contribution < 1.29 is 4.79 Å². The molecule has 4 heterocycles. The molecule has 0 bridgehead atoms. The van der Waals surface area contributed by atoms with E-state index in [2.05, 4.69) is 56.7 Å². The maximum atomic E-state index is 13.4. The Balaban J connectivity index is 1.50. The summed E-state index contributed by atoms with van der Waals surface area (Å²) in [5, 5.41) is 6.53. The van der Waals surface area contributed by atoms with E-state index in [-0.39, 0.29) is 5.91 Å². The molecule has 0 atom stereocenters. The highest BCUT2D eigenvalue weighted by molar-refractivity contribution is 6.28. The molecule has 6 nitrogen and oxygen atoms in total. The number of pyridine rings is 2. The Kier molecular flexibility index (Phi) is 6.07. The Labute approximate surface area is 194 Å². The maximum absolute atomic E-state index is 13.4. The first-order chi connectivity index (χ1) is 16.2. The van der Waals surface area contributed by atoms with E-state index in [4.69, 9.17) is 0 Å². The van der Waals surface area contributed by atoms with Gasteiger partial charge in [0.2, 0.25) is 0 Å². The molecule has 0 saturated carbocycles. The van der Waals surface area contributed by atoms with Crippen molar-refractivity contribution in [2.45, 2.75) is 32.6 Å². The van der Waals surface area contributed by atoms with Gasteiger partial charge < -0.3 is 15.5 Å². The van der Waals surface area contributed by atoms with Crippen LogP contribution in [0.5, 0.6) is 0 Å². The molecule has 2 aliphatic heterocycles. The van der Waals surface area contributed by atoms with Crippen LogP contribution in [0.2, 0.25) is 0 Å². The number of carbonyl (C=O) groups is 1. The van der Waals surface area contributed by atoms with Gasteiger partial charge in [-0.05, 0) is 67.2 Å². The lowest BCUT2D eigenvalue weighted by Gasteiger charge is -2.29. The summed E-state index contributed by atoms with van der Waals surface area (Å²) in [6, 6.07) is 12.1. The minimum Gasteiger partial charge on any atom is -0.381 e. The number of nitrogens with zero attached hydrogens (tertiary/aromatic N) is 3. The van der Waals surface area contributed by atoms with Crippen molar-refractivity contribution in [3.8, 4) is 11.1 Å². The molecule has 33 heavy (non-hydrogen) atoms. The largest absolute Gasteiger partial charge is 0.381 e. The Bertz CT molecular complexity index is 1180. The van der Waals surface area contributed by atoms with Gasteiger partial charge in [0.1, 0.15) is 0 Å². The van der Waals surface area contributed by atoms with Gasteiger partial charge in [-0.25, -0.2) is 0 Å². The molecule has 2 aliphatic rings. The predicted molar refractivity (Wildman–Crippen MR) is 134 cm³/mol. The van der Waals surface area contributed by atoms with Crippen molar-refractivity contribution in [1.29, 1.82) is 0 Å². The second kappa shape index (κ2) is 9.45. The molecule has 0 aliphatic carbocycles. The Morgan fingerprint density at radius 1 is 1.00 bits per heavy atom. The number of benzene rings is 1. The monoisotopic (exact) mass is 439 g/mol. The average molecular weight is 440 g/mol. The standard InChI is InChI=1S/C27H29N5O/c1-2-19-17-30-25-7-6-20(21-14-23(18-29-16-21)32-12-4-3-5-13-32)15-24(25)26(19)27(33)31-22-8-10-28-11-9-22/h6-11,14-16,18,30H,2-5,12-13,17H2,1H3,(H,28,31,33). The van der Waals surface area contributed by atoms with Crippen LogP contribution in [0.15, 0.2) is 66.8 Å². The van der Waals surface area contributed by atoms with Gasteiger partial charge >= 0.3 is 0 Å². The number of carbonyl (C=O) groups excluding carboxylic acids is 1. The molecule has 168 valence electrons. The summed E-state index contributed by atoms with van der Waals surface area (Å²) in [5.74, 6) is -0.0851. The van der Waals surface area contributed by atoms with E-state index in [1.165, 1.54) is 24.9 Å². The summed E-state index contributed by atoms with van der Waals surface area (Å²) in [6.07, 6.45) is 11.8. The normalized spacial score (nSPS) is 15.6. The number of nitrogens with one attached hydrogen (secondary N) is 2. The van der Waals surface area contributed by atoms with Crippen LogP contribution >= 0.6 is 0 Å². The van der Waals surface area contributed by atoms with Crippen molar-refractivity contribution in [3.05, 3.63) is 72.3 Å². The van der Waals surface area contributed by atoms with Gasteiger partial charge in [-0.3, -0.25) is 14.8 Å². The van der Waals surface area contributed by atoms with E-state index in [1.54, 1.807) is 24.5 Å². The van der Waals surface area contributed by atoms with E-state index in [0.717, 1.165) is 58.7 Å². The van der Waals surface area contributed by atoms with Crippen molar-refractivity contribution in [3.63, 3.8) is 0 Å². The van der Waals surface area contributed by atoms with Crippen molar-refractivity contribution in [2.24, 2.45) is 0 Å². The summed E-state index contributed by atoms with van der Waals surface area (Å²) < 4.78 is 0. The van der Waals surface area contributed by atoms with Crippen LogP contribution in [-0.4, -0.2) is 35.5 Å². The highest BCUT2D eigenvalue weighted by Crippen LogP contribution is 2.37. The zero-order chi connectivity index (χ0) is 22.6. The van der Waals surface area contributed by atoms with Crippen LogP contribution in [0.4, 0.5) is 17.1 Å². The molecular formula is C27H29N5O. The van der Waals surface area contributed by atoms with Gasteiger partial charge in [0.05, 0.1) is 11.9 Å². The highest BCUT2D eigenvalue weighted by Gasteiger charge is 2.24. The lowest BCUT2D eigenvalue weighted by atomic mass is 9.90. The van der Waals surface area contributed by atoms with Crippen LogP contribution < -0.4 is 15.5 Å². The molecule has 2 aromatic heterocycles. The van der Waals surface area contributed by atoms with Crippen LogP contribution in [0, 0.1) is 0 Å². The second-order valence-corrected chi connectivity index (χ2v) is 8.62. The van der Waals surface area contributed by atoms with Gasteiger partial charge in [-0.1, -0.05) is 13.0 Å². The molecule has 0 unspecified atom stereocenters. The fourth-order valence-corrected chi connectivity index (χ4v) is 4.69. The minimum absolute atomic E-state index is 0.0851. The van der Waals surface area contributed by atoms with Crippen molar-refractivity contribution in [2.75, 3.05) is 35.2 Å². The molecule has 1 amide bonds. The molecule has 0 radical (unpaired) electrons. The molecule has 6 heteroatoms. The summed E-state index contributed by atoms with van der Waals surface area (Å²) in [4.78, 5) is 24.4. The number of amides is 1. The van der Waals surface area contributed by atoms with Crippen molar-refractivity contribution >= 4 is 28.5 Å². The third-order valence-electron chi connectivity index (χ3n) is 6.51. The summed E-state index contributed by atoms with van der Waals surface area (Å²) in [7, 11) is 0. The maximum Gasteiger partial charge on any atom is 0.256 e. The number of fused-ring (bicyclic) bond motifs is 1. The summed E-state index contributed by atoms with van der Waals surface area (Å²) >= 11 is 0. The Morgan fingerprint density at radius 2 is 1.82 bits per heavy atom. The summed E-state index contributed by atoms with van der Waals surface area (Å²) in [5.41, 5.74) is 7.82. The number of anilines is 3. The van der Waals surface area contributed by atoms with E-state index in [1.807, 2.05) is 12.4 Å². The topological polar surface area (TPSA) is 70.2 Å². The fraction of sp³-hybridized carbons (Fsp3) is 0.296. The van der Waals surface area contributed by atoms with Gasteiger partial charge in [0, 0.05) is 66.3 Å². The van der Waals surface area contributed by atoms with Crippen LogP contribution in [0.25, 0.3) is 16.7 Å². The smallest absolute Gasteiger partial charge is 0.256 e. The van der Waals surface area contributed by atoms with E-state index in [9.17, 15) is 4.79 Å². The molecule has 5 rings (SSSR count). The lowest BCUT2D eigenvalue weighted by Crippen LogP contribution is -2.29.